The Morgan fingerprint density at radius 2 is 1.77 bits per heavy atom. The summed E-state index contributed by atoms with van der Waals surface area (Å²) in [6.07, 6.45) is 4.14. The quantitative estimate of drug-likeness (QED) is 0.369. The summed E-state index contributed by atoms with van der Waals surface area (Å²) in [6, 6.07) is 11.6. The van der Waals surface area contributed by atoms with Crippen molar-refractivity contribution in [1.29, 1.82) is 0 Å². The van der Waals surface area contributed by atoms with Gasteiger partial charge in [0.05, 0.1) is 24.7 Å². The van der Waals surface area contributed by atoms with Crippen LogP contribution >= 0.6 is 11.8 Å². The normalized spacial score (nSPS) is 14.9. The smallest absolute Gasteiger partial charge is 0.293 e. The molecule has 1 fully saturated rings. The van der Waals surface area contributed by atoms with Gasteiger partial charge in [-0.2, -0.15) is 0 Å². The number of imide groups is 1. The fraction of sp³-hybridized carbons (Fsp3) is 0.280. The Kier molecular flexibility index (Phi) is 7.58. The Bertz CT molecular complexity index is 1010. The SMILES string of the molecule is C=CCc1cc(/C=C2\SC(=O)N(Cc3ccc(C)cc3)C2=O)cc(OCC)c1OCC. The van der Waals surface area contributed by atoms with Crippen molar-refractivity contribution in [2.75, 3.05) is 13.2 Å². The van der Waals surface area contributed by atoms with Crippen molar-refractivity contribution in [3.05, 3.63) is 76.2 Å². The molecule has 0 unspecified atom stereocenters. The molecular weight excluding hydrogens is 410 g/mol. The maximum Gasteiger partial charge on any atom is 0.293 e. The summed E-state index contributed by atoms with van der Waals surface area (Å²) in [4.78, 5) is 27.1. The third-order valence-electron chi connectivity index (χ3n) is 4.74. The van der Waals surface area contributed by atoms with E-state index in [4.69, 9.17) is 9.47 Å². The van der Waals surface area contributed by atoms with Gasteiger partial charge in [0.2, 0.25) is 0 Å². The molecule has 0 aromatic heterocycles. The zero-order chi connectivity index (χ0) is 22.4. The van der Waals surface area contributed by atoms with E-state index in [1.54, 1.807) is 12.2 Å². The van der Waals surface area contributed by atoms with Crippen LogP contribution in [-0.4, -0.2) is 29.3 Å². The Labute approximate surface area is 187 Å². The lowest BCUT2D eigenvalue weighted by atomic mass is 10.0. The van der Waals surface area contributed by atoms with Gasteiger partial charge in [0.15, 0.2) is 11.5 Å². The second-order valence-corrected chi connectivity index (χ2v) is 8.11. The van der Waals surface area contributed by atoms with Crippen LogP contribution in [0.15, 0.2) is 54.0 Å². The highest BCUT2D eigenvalue weighted by molar-refractivity contribution is 8.18. The lowest BCUT2D eigenvalue weighted by Crippen LogP contribution is -2.27. The maximum atomic E-state index is 12.9. The molecule has 31 heavy (non-hydrogen) atoms. The molecule has 6 heteroatoms. The highest BCUT2D eigenvalue weighted by Crippen LogP contribution is 2.37. The third-order valence-corrected chi connectivity index (χ3v) is 5.65. The summed E-state index contributed by atoms with van der Waals surface area (Å²) in [5, 5.41) is -0.265. The summed E-state index contributed by atoms with van der Waals surface area (Å²) < 4.78 is 11.6. The van der Waals surface area contributed by atoms with Gasteiger partial charge < -0.3 is 9.47 Å². The summed E-state index contributed by atoms with van der Waals surface area (Å²) in [5.74, 6) is 1.02. The Morgan fingerprint density at radius 1 is 1.06 bits per heavy atom. The number of amides is 2. The summed E-state index contributed by atoms with van der Waals surface area (Å²) in [5.41, 5.74) is 3.76. The van der Waals surface area contributed by atoms with Gasteiger partial charge in [-0.1, -0.05) is 35.9 Å². The molecule has 0 bridgehead atoms. The first-order valence-corrected chi connectivity index (χ1v) is 11.1. The van der Waals surface area contributed by atoms with Crippen LogP contribution in [0.1, 0.15) is 36.1 Å². The number of hydrogen-bond acceptors (Lipinski definition) is 5. The number of nitrogens with zero attached hydrogens (tertiary/aromatic N) is 1. The molecule has 2 aromatic carbocycles. The van der Waals surface area contributed by atoms with E-state index in [2.05, 4.69) is 6.58 Å². The van der Waals surface area contributed by atoms with Gasteiger partial charge in [0, 0.05) is 5.56 Å². The highest BCUT2D eigenvalue weighted by Gasteiger charge is 2.35. The number of rotatable bonds is 9. The second kappa shape index (κ2) is 10.4. The Hall–Kier alpha value is -2.99. The highest BCUT2D eigenvalue weighted by atomic mass is 32.2. The van der Waals surface area contributed by atoms with Gasteiger partial charge in [-0.3, -0.25) is 14.5 Å². The summed E-state index contributed by atoms with van der Waals surface area (Å²) >= 11 is 0.958. The Morgan fingerprint density at radius 3 is 2.42 bits per heavy atom. The average Bonchev–Trinajstić information content (AvgIpc) is 3.00. The first kappa shape index (κ1) is 22.7. The second-order valence-electron chi connectivity index (χ2n) is 7.12. The minimum atomic E-state index is -0.285. The summed E-state index contributed by atoms with van der Waals surface area (Å²) in [7, 11) is 0. The van der Waals surface area contributed by atoms with Gasteiger partial charge in [0.25, 0.3) is 11.1 Å². The number of thioether (sulfide) groups is 1. The number of ether oxygens (including phenoxy) is 2. The van der Waals surface area contributed by atoms with Gasteiger partial charge in [-0.15, -0.1) is 6.58 Å². The lowest BCUT2D eigenvalue weighted by molar-refractivity contribution is -0.123. The molecule has 0 aliphatic carbocycles. The van der Waals surface area contributed by atoms with E-state index >= 15 is 0 Å². The summed E-state index contributed by atoms with van der Waals surface area (Å²) in [6.45, 7) is 10.9. The lowest BCUT2D eigenvalue weighted by Gasteiger charge is -2.16. The van der Waals surface area contributed by atoms with Crippen LogP contribution in [0.5, 0.6) is 11.5 Å². The molecule has 1 heterocycles. The first-order chi connectivity index (χ1) is 15.0. The molecule has 0 radical (unpaired) electrons. The van der Waals surface area contributed by atoms with Crippen LogP contribution in [-0.2, 0) is 17.8 Å². The van der Waals surface area contributed by atoms with Crippen LogP contribution in [0, 0.1) is 6.92 Å². The standard InChI is InChI=1S/C25H27NO4S/c1-5-8-20-13-19(14-21(29-6-2)23(20)30-7-3)15-22-24(27)26(25(28)31-22)16-18-11-9-17(4)10-12-18/h5,9-15H,1,6-8,16H2,2-4H3/b22-15-. The third kappa shape index (κ3) is 5.39. The number of allylic oxidation sites excluding steroid dienone is 1. The van der Waals surface area contributed by atoms with Crippen molar-refractivity contribution in [3.8, 4) is 11.5 Å². The fourth-order valence-corrected chi connectivity index (χ4v) is 4.15. The molecule has 0 spiro atoms. The van der Waals surface area contributed by atoms with Gasteiger partial charge in [-0.25, -0.2) is 0 Å². The van der Waals surface area contributed by atoms with E-state index in [1.807, 2.05) is 57.2 Å². The van der Waals surface area contributed by atoms with E-state index in [-0.39, 0.29) is 17.7 Å². The molecule has 1 aliphatic heterocycles. The largest absolute Gasteiger partial charge is 0.490 e. The van der Waals surface area contributed by atoms with Crippen LogP contribution in [0.4, 0.5) is 4.79 Å². The molecule has 5 nitrogen and oxygen atoms in total. The van der Waals surface area contributed by atoms with Crippen molar-refractivity contribution in [2.24, 2.45) is 0 Å². The predicted octanol–water partition coefficient (Wildman–Crippen LogP) is 5.76. The molecule has 2 amide bonds. The molecule has 0 saturated carbocycles. The topological polar surface area (TPSA) is 55.8 Å². The van der Waals surface area contributed by atoms with E-state index in [0.29, 0.717) is 36.0 Å². The number of aryl methyl sites for hydroxylation is 1. The predicted molar refractivity (Wildman–Crippen MR) is 125 cm³/mol. The van der Waals surface area contributed by atoms with Gasteiger partial charge in [0.1, 0.15) is 0 Å². The minimum absolute atomic E-state index is 0.261. The monoisotopic (exact) mass is 437 g/mol. The fourth-order valence-electron chi connectivity index (χ4n) is 3.31. The number of hydrogen-bond donors (Lipinski definition) is 0. The van der Waals surface area contributed by atoms with Crippen molar-refractivity contribution in [1.82, 2.24) is 4.90 Å². The molecule has 0 atom stereocenters. The van der Waals surface area contributed by atoms with E-state index in [0.717, 1.165) is 34.0 Å². The molecule has 162 valence electrons. The van der Waals surface area contributed by atoms with Gasteiger partial charge >= 0.3 is 0 Å². The van der Waals surface area contributed by atoms with E-state index in [1.165, 1.54) is 4.90 Å². The van der Waals surface area contributed by atoms with Crippen molar-refractivity contribution < 1.29 is 19.1 Å². The van der Waals surface area contributed by atoms with Crippen LogP contribution < -0.4 is 9.47 Å². The molecule has 1 aliphatic rings. The van der Waals surface area contributed by atoms with Crippen LogP contribution in [0.3, 0.4) is 0 Å². The number of carbonyl (C=O) groups is 2. The molecule has 0 N–H and O–H groups in total. The minimum Gasteiger partial charge on any atom is -0.490 e. The average molecular weight is 438 g/mol. The van der Waals surface area contributed by atoms with Crippen LogP contribution in [0.25, 0.3) is 6.08 Å². The first-order valence-electron chi connectivity index (χ1n) is 10.3. The van der Waals surface area contributed by atoms with Crippen LogP contribution in [0.2, 0.25) is 0 Å². The van der Waals surface area contributed by atoms with E-state index in [9.17, 15) is 9.59 Å². The zero-order valence-corrected chi connectivity index (χ0v) is 19.0. The van der Waals surface area contributed by atoms with Crippen molar-refractivity contribution >= 4 is 29.0 Å². The van der Waals surface area contributed by atoms with E-state index < -0.39 is 0 Å². The van der Waals surface area contributed by atoms with Gasteiger partial charge in [-0.05, 0) is 68.3 Å². The molecule has 3 rings (SSSR count). The number of carbonyl (C=O) groups excluding carboxylic acids is 2. The van der Waals surface area contributed by atoms with Crippen molar-refractivity contribution in [2.45, 2.75) is 33.7 Å². The molecule has 2 aromatic rings. The number of benzene rings is 2. The Balaban J connectivity index is 1.91. The molecular formula is C25H27NO4S. The molecule has 1 saturated heterocycles. The zero-order valence-electron chi connectivity index (χ0n) is 18.1. The van der Waals surface area contributed by atoms with Crippen molar-refractivity contribution in [3.63, 3.8) is 0 Å². The maximum absolute atomic E-state index is 12.9.